The summed E-state index contributed by atoms with van der Waals surface area (Å²) in [4.78, 5) is 0. The highest BCUT2D eigenvalue weighted by Crippen LogP contribution is 2.29. The van der Waals surface area contributed by atoms with Crippen LogP contribution in [0.4, 0.5) is 5.69 Å². The normalized spacial score (nSPS) is 10.9. The molecule has 0 fully saturated rings. The van der Waals surface area contributed by atoms with E-state index in [-0.39, 0.29) is 0 Å². The molecule has 0 unspecified atom stereocenters. The Kier molecular flexibility index (Phi) is 5.08. The number of benzene rings is 1. The number of rotatable bonds is 6. The van der Waals surface area contributed by atoms with Crippen molar-refractivity contribution in [1.82, 2.24) is 20.2 Å². The molecule has 1 aromatic heterocycles. The van der Waals surface area contributed by atoms with E-state index >= 15 is 0 Å². The number of ether oxygens (including phenoxy) is 1. The molecule has 1 aromatic carbocycles. The molecular formula is C13H18BrN5O. The topological polar surface area (TPSA) is 78.8 Å². The maximum atomic E-state index is 5.99. The number of tetrazole rings is 1. The van der Waals surface area contributed by atoms with Crippen LogP contribution in [0.15, 0.2) is 16.6 Å². The Balaban J connectivity index is 2.23. The zero-order valence-electron chi connectivity index (χ0n) is 11.6. The number of anilines is 1. The van der Waals surface area contributed by atoms with Crippen molar-refractivity contribution in [3.8, 4) is 11.4 Å². The first-order valence-corrected chi connectivity index (χ1v) is 7.32. The third kappa shape index (κ3) is 3.34. The average Bonchev–Trinajstić information content (AvgIpc) is 2.87. The molecular weight excluding hydrogens is 322 g/mol. The van der Waals surface area contributed by atoms with E-state index in [1.54, 1.807) is 4.68 Å². The van der Waals surface area contributed by atoms with Crippen LogP contribution in [0.25, 0.3) is 11.4 Å². The zero-order chi connectivity index (χ0) is 14.5. The summed E-state index contributed by atoms with van der Waals surface area (Å²) in [6, 6.07) is 3.86. The summed E-state index contributed by atoms with van der Waals surface area (Å²) in [5.41, 5.74) is 8.63. The standard InChI is InChI=1S/C13H18BrN5O/c1-3-20-6-4-5-19-13(16-17-18-19)11-7-10(14)8-12(15)9(11)2/h7-8H,3-6,15H2,1-2H3. The van der Waals surface area contributed by atoms with Gasteiger partial charge in [0.05, 0.1) is 0 Å². The number of aromatic nitrogens is 4. The van der Waals surface area contributed by atoms with Gasteiger partial charge in [-0.15, -0.1) is 5.10 Å². The molecule has 2 rings (SSSR count). The third-order valence-electron chi connectivity index (χ3n) is 3.05. The Morgan fingerprint density at radius 1 is 1.40 bits per heavy atom. The molecule has 1 heterocycles. The van der Waals surface area contributed by atoms with Gasteiger partial charge >= 0.3 is 0 Å². The monoisotopic (exact) mass is 339 g/mol. The van der Waals surface area contributed by atoms with Gasteiger partial charge < -0.3 is 10.5 Å². The van der Waals surface area contributed by atoms with Crippen LogP contribution in [0, 0.1) is 6.92 Å². The molecule has 0 aliphatic rings. The molecule has 6 nitrogen and oxygen atoms in total. The summed E-state index contributed by atoms with van der Waals surface area (Å²) >= 11 is 3.45. The molecule has 20 heavy (non-hydrogen) atoms. The molecule has 0 aliphatic carbocycles. The van der Waals surface area contributed by atoms with Gasteiger partial charge in [0.25, 0.3) is 0 Å². The van der Waals surface area contributed by atoms with Crippen molar-refractivity contribution < 1.29 is 4.74 Å². The second kappa shape index (κ2) is 6.81. The molecule has 0 amide bonds. The van der Waals surface area contributed by atoms with Crippen molar-refractivity contribution >= 4 is 21.6 Å². The lowest BCUT2D eigenvalue weighted by molar-refractivity contribution is 0.140. The van der Waals surface area contributed by atoms with Gasteiger partial charge in [0.1, 0.15) is 0 Å². The summed E-state index contributed by atoms with van der Waals surface area (Å²) in [6.07, 6.45) is 0.869. The van der Waals surface area contributed by atoms with Crippen LogP contribution in [0.5, 0.6) is 0 Å². The quantitative estimate of drug-likeness (QED) is 0.645. The first-order valence-electron chi connectivity index (χ1n) is 6.53. The predicted molar refractivity (Wildman–Crippen MR) is 81.2 cm³/mol. The molecule has 108 valence electrons. The first-order chi connectivity index (χ1) is 9.63. The summed E-state index contributed by atoms with van der Waals surface area (Å²) in [7, 11) is 0. The summed E-state index contributed by atoms with van der Waals surface area (Å²) in [6.45, 7) is 6.10. The van der Waals surface area contributed by atoms with E-state index in [0.29, 0.717) is 13.2 Å². The van der Waals surface area contributed by atoms with Crippen LogP contribution in [-0.4, -0.2) is 33.4 Å². The number of nitrogens with zero attached hydrogens (tertiary/aromatic N) is 4. The van der Waals surface area contributed by atoms with Crippen molar-refractivity contribution in [3.63, 3.8) is 0 Å². The fraction of sp³-hybridized carbons (Fsp3) is 0.462. The molecule has 7 heteroatoms. The van der Waals surface area contributed by atoms with E-state index in [0.717, 1.165) is 40.1 Å². The lowest BCUT2D eigenvalue weighted by Crippen LogP contribution is -2.07. The molecule has 0 atom stereocenters. The second-order valence-corrected chi connectivity index (χ2v) is 5.36. The fourth-order valence-corrected chi connectivity index (χ4v) is 2.42. The van der Waals surface area contributed by atoms with Crippen molar-refractivity contribution in [3.05, 3.63) is 22.2 Å². The van der Waals surface area contributed by atoms with E-state index in [2.05, 4.69) is 31.5 Å². The Bertz CT molecular complexity index is 584. The van der Waals surface area contributed by atoms with Gasteiger partial charge in [-0.3, -0.25) is 0 Å². The molecule has 2 aromatic rings. The number of halogens is 1. The van der Waals surface area contributed by atoms with Crippen molar-refractivity contribution in [2.24, 2.45) is 0 Å². The van der Waals surface area contributed by atoms with Crippen LogP contribution in [-0.2, 0) is 11.3 Å². The highest BCUT2D eigenvalue weighted by molar-refractivity contribution is 9.10. The predicted octanol–water partition coefficient (Wildman–Crippen LogP) is 2.42. The van der Waals surface area contributed by atoms with Crippen molar-refractivity contribution in [2.45, 2.75) is 26.8 Å². The first kappa shape index (κ1) is 14.9. The lowest BCUT2D eigenvalue weighted by Gasteiger charge is -2.10. The lowest BCUT2D eigenvalue weighted by atomic mass is 10.1. The smallest absolute Gasteiger partial charge is 0.182 e. The van der Waals surface area contributed by atoms with Crippen molar-refractivity contribution in [1.29, 1.82) is 0 Å². The SMILES string of the molecule is CCOCCCn1nnnc1-c1cc(Br)cc(N)c1C. The van der Waals surface area contributed by atoms with Gasteiger partial charge in [-0.2, -0.15) is 0 Å². The average molecular weight is 340 g/mol. The molecule has 0 saturated heterocycles. The Morgan fingerprint density at radius 2 is 2.20 bits per heavy atom. The second-order valence-electron chi connectivity index (χ2n) is 4.44. The Morgan fingerprint density at radius 3 is 2.95 bits per heavy atom. The minimum atomic E-state index is 0.704. The van der Waals surface area contributed by atoms with Gasteiger partial charge in [-0.25, -0.2) is 4.68 Å². The molecule has 0 spiro atoms. The van der Waals surface area contributed by atoms with Gasteiger partial charge in [0, 0.05) is 35.5 Å². The highest BCUT2D eigenvalue weighted by Gasteiger charge is 2.13. The van der Waals surface area contributed by atoms with Gasteiger partial charge in [-0.05, 0) is 48.4 Å². The largest absolute Gasteiger partial charge is 0.398 e. The Labute approximate surface area is 126 Å². The van der Waals surface area contributed by atoms with E-state index in [4.69, 9.17) is 10.5 Å². The van der Waals surface area contributed by atoms with Gasteiger partial charge in [0.15, 0.2) is 5.82 Å². The van der Waals surface area contributed by atoms with Crippen LogP contribution < -0.4 is 5.73 Å². The number of hydrogen-bond donors (Lipinski definition) is 1. The van der Waals surface area contributed by atoms with Crippen LogP contribution >= 0.6 is 15.9 Å². The Hall–Kier alpha value is -1.47. The van der Waals surface area contributed by atoms with E-state index < -0.39 is 0 Å². The number of hydrogen-bond acceptors (Lipinski definition) is 5. The van der Waals surface area contributed by atoms with E-state index in [1.807, 2.05) is 26.0 Å². The van der Waals surface area contributed by atoms with Crippen molar-refractivity contribution in [2.75, 3.05) is 18.9 Å². The maximum absolute atomic E-state index is 5.99. The molecule has 0 aliphatic heterocycles. The summed E-state index contributed by atoms with van der Waals surface area (Å²) in [5.74, 6) is 0.729. The molecule has 0 saturated carbocycles. The molecule has 0 radical (unpaired) electrons. The molecule has 2 N–H and O–H groups in total. The summed E-state index contributed by atoms with van der Waals surface area (Å²) < 4.78 is 8.03. The van der Waals surface area contributed by atoms with Gasteiger partial charge in [0.2, 0.25) is 0 Å². The minimum Gasteiger partial charge on any atom is -0.398 e. The number of nitrogen functional groups attached to an aromatic ring is 1. The fourth-order valence-electron chi connectivity index (χ4n) is 1.94. The zero-order valence-corrected chi connectivity index (χ0v) is 13.2. The number of aryl methyl sites for hydroxylation is 1. The van der Waals surface area contributed by atoms with E-state index in [1.165, 1.54) is 0 Å². The van der Waals surface area contributed by atoms with Crippen LogP contribution in [0.1, 0.15) is 18.9 Å². The highest BCUT2D eigenvalue weighted by atomic mass is 79.9. The summed E-state index contributed by atoms with van der Waals surface area (Å²) in [5, 5.41) is 11.9. The third-order valence-corrected chi connectivity index (χ3v) is 3.51. The number of nitrogens with two attached hydrogens (primary N) is 1. The van der Waals surface area contributed by atoms with Gasteiger partial charge in [-0.1, -0.05) is 15.9 Å². The minimum absolute atomic E-state index is 0.704. The van der Waals surface area contributed by atoms with Crippen LogP contribution in [0.2, 0.25) is 0 Å². The maximum Gasteiger partial charge on any atom is 0.182 e. The van der Waals surface area contributed by atoms with Crippen LogP contribution in [0.3, 0.4) is 0 Å². The molecule has 0 bridgehead atoms. The van der Waals surface area contributed by atoms with E-state index in [9.17, 15) is 0 Å².